The van der Waals surface area contributed by atoms with Crippen LogP contribution in [0.3, 0.4) is 0 Å². The molecule has 0 aromatic heterocycles. The Morgan fingerprint density at radius 1 is 1.03 bits per heavy atom. The van der Waals surface area contributed by atoms with Crippen molar-refractivity contribution in [1.82, 2.24) is 10.2 Å². The number of halogens is 1. The number of Topliss-reactive ketones (excluding diaryl/α,β-unsaturated/α-hetero) is 1. The largest absolute Gasteiger partial charge is 0.366 e. The van der Waals surface area contributed by atoms with Gasteiger partial charge in [0.25, 0.3) is 5.91 Å². The summed E-state index contributed by atoms with van der Waals surface area (Å²) in [5.74, 6) is 0.0779. The van der Waals surface area contributed by atoms with E-state index in [-0.39, 0.29) is 104 Å². The summed E-state index contributed by atoms with van der Waals surface area (Å²) in [4.78, 5) is 40.3. The van der Waals surface area contributed by atoms with Crippen molar-refractivity contribution in [3.8, 4) is 0 Å². The number of ether oxygens (including phenoxy) is 1. The molecule has 1 N–H and O–H groups in total. The number of fused-ring (bicyclic) bond motifs is 1. The topological polar surface area (TPSA) is 75.7 Å². The van der Waals surface area contributed by atoms with E-state index in [2.05, 4.69) is 12.2 Å². The molecule has 1 aliphatic carbocycles. The van der Waals surface area contributed by atoms with E-state index in [4.69, 9.17) is 16.3 Å². The van der Waals surface area contributed by atoms with Crippen molar-refractivity contribution < 1.29 is 19.1 Å². The van der Waals surface area contributed by atoms with Crippen molar-refractivity contribution in [2.75, 3.05) is 13.2 Å². The van der Waals surface area contributed by atoms with E-state index in [1.54, 1.807) is 29.2 Å². The third kappa shape index (κ3) is 7.66. The lowest BCUT2D eigenvalue weighted by atomic mass is 9.78. The van der Waals surface area contributed by atoms with E-state index in [1.165, 1.54) is 0 Å². The lowest BCUT2D eigenvalue weighted by Crippen LogP contribution is -2.55. The van der Waals surface area contributed by atoms with Gasteiger partial charge in [0.1, 0.15) is 24.8 Å². The molecule has 34 heavy (non-hydrogen) atoms. The SMILES string of the molecule is CC1CCC([C@H](NC(=O)c2ccccc2)C(=O)N2C[C@H](Cl)[C@H]3OCC(=O)[C@H]32)CC1.S.S.S.S.S. The Bertz CT molecular complexity index is 799. The fourth-order valence-corrected chi connectivity index (χ4v) is 5.18. The molecule has 2 heterocycles. The summed E-state index contributed by atoms with van der Waals surface area (Å²) in [5, 5.41) is 2.57. The van der Waals surface area contributed by atoms with Crippen LogP contribution in [-0.2, 0) is 14.3 Å². The van der Waals surface area contributed by atoms with Gasteiger partial charge in [0.05, 0.1) is 5.38 Å². The predicted molar refractivity (Wildman–Crippen MR) is 161 cm³/mol. The Labute approximate surface area is 241 Å². The van der Waals surface area contributed by atoms with Crippen LogP contribution in [0.1, 0.15) is 43.0 Å². The number of hydrogen-bond donors (Lipinski definition) is 1. The molecule has 0 bridgehead atoms. The summed E-state index contributed by atoms with van der Waals surface area (Å²) in [6.07, 6.45) is 3.36. The van der Waals surface area contributed by atoms with Gasteiger partial charge in [0, 0.05) is 12.1 Å². The molecule has 1 aromatic rings. The average Bonchev–Trinajstić information content (AvgIpc) is 3.28. The zero-order chi connectivity index (χ0) is 20.5. The van der Waals surface area contributed by atoms with Crippen LogP contribution < -0.4 is 5.32 Å². The highest BCUT2D eigenvalue weighted by molar-refractivity contribution is 7.60. The molecule has 0 unspecified atom stereocenters. The number of nitrogens with zero attached hydrogens (tertiary/aromatic N) is 1. The number of likely N-dealkylation sites (tertiary alicyclic amines) is 1. The second kappa shape index (κ2) is 15.8. The number of amides is 2. The summed E-state index contributed by atoms with van der Waals surface area (Å²) < 4.78 is 5.51. The summed E-state index contributed by atoms with van der Waals surface area (Å²) in [6, 6.07) is 7.61. The summed E-state index contributed by atoms with van der Waals surface area (Å²) in [7, 11) is 0. The van der Waals surface area contributed by atoms with Crippen LogP contribution in [0.2, 0.25) is 0 Å². The fourth-order valence-electron chi connectivity index (χ4n) is 4.82. The first-order valence-corrected chi connectivity index (χ1v) is 10.8. The van der Waals surface area contributed by atoms with Crippen LogP contribution in [0, 0.1) is 11.8 Å². The molecule has 3 aliphatic rings. The molecule has 0 radical (unpaired) electrons. The third-order valence-corrected chi connectivity index (χ3v) is 6.91. The Morgan fingerprint density at radius 3 is 2.21 bits per heavy atom. The third-order valence-electron chi connectivity index (χ3n) is 6.53. The smallest absolute Gasteiger partial charge is 0.251 e. The molecule has 1 aromatic carbocycles. The first-order chi connectivity index (χ1) is 14.0. The van der Waals surface area contributed by atoms with Crippen molar-refractivity contribution in [2.45, 2.75) is 56.2 Å². The van der Waals surface area contributed by atoms with Crippen molar-refractivity contribution >= 4 is 96.7 Å². The molecule has 1 saturated carbocycles. The van der Waals surface area contributed by atoms with Crippen LogP contribution in [0.25, 0.3) is 0 Å². The van der Waals surface area contributed by atoms with Crippen LogP contribution in [0.5, 0.6) is 0 Å². The monoisotopic (exact) mass is 588 g/mol. The summed E-state index contributed by atoms with van der Waals surface area (Å²) in [5.41, 5.74) is 0.518. The molecule has 196 valence electrons. The molecule has 2 aliphatic heterocycles. The Kier molecular flexibility index (Phi) is 16.8. The molecular formula is C22H37ClN2O4S5. The van der Waals surface area contributed by atoms with E-state index in [0.717, 1.165) is 25.7 Å². The van der Waals surface area contributed by atoms with Crippen LogP contribution >= 0.6 is 79.1 Å². The van der Waals surface area contributed by atoms with Crippen LogP contribution in [0.15, 0.2) is 30.3 Å². The number of rotatable bonds is 4. The minimum atomic E-state index is -0.661. The van der Waals surface area contributed by atoms with Gasteiger partial charge in [0.15, 0.2) is 5.78 Å². The van der Waals surface area contributed by atoms with Crippen molar-refractivity contribution in [1.29, 1.82) is 0 Å². The number of alkyl halides is 1. The highest BCUT2D eigenvalue weighted by atomic mass is 35.5. The molecule has 2 amide bonds. The van der Waals surface area contributed by atoms with E-state index >= 15 is 0 Å². The summed E-state index contributed by atoms with van der Waals surface area (Å²) >= 11 is 6.37. The zero-order valence-electron chi connectivity index (χ0n) is 19.1. The van der Waals surface area contributed by atoms with Gasteiger partial charge >= 0.3 is 0 Å². The average molecular weight is 589 g/mol. The number of nitrogens with one attached hydrogen (secondary N) is 1. The molecule has 2 saturated heterocycles. The number of carbonyl (C=O) groups is 3. The predicted octanol–water partition coefficient (Wildman–Crippen LogP) is 2.96. The maximum Gasteiger partial charge on any atom is 0.251 e. The quantitative estimate of drug-likeness (QED) is 0.549. The second-order valence-electron chi connectivity index (χ2n) is 8.53. The standard InChI is InChI=1S/C22H27ClN2O4.5H2S/c1-13-7-9-14(10-8-13)18(24-21(27)15-5-3-2-4-6-15)22(28)25-11-16(23)20-19(25)17(26)12-29-20;;;;;/h2-6,13-14,16,18-20H,7-12H2,1H3,(H,24,27);5*1H2/t13?,14?,16-,18-,19+,20+;;;;;/m0...../s1. The second-order valence-corrected chi connectivity index (χ2v) is 9.09. The number of ketones is 1. The van der Waals surface area contributed by atoms with E-state index < -0.39 is 23.6 Å². The lowest BCUT2D eigenvalue weighted by Gasteiger charge is -2.35. The van der Waals surface area contributed by atoms with Gasteiger partial charge in [-0.25, -0.2) is 0 Å². The lowest BCUT2D eigenvalue weighted by molar-refractivity contribution is -0.139. The number of benzene rings is 1. The van der Waals surface area contributed by atoms with Crippen molar-refractivity contribution in [3.05, 3.63) is 35.9 Å². The van der Waals surface area contributed by atoms with Gasteiger partial charge in [-0.3, -0.25) is 14.4 Å². The molecule has 6 nitrogen and oxygen atoms in total. The Morgan fingerprint density at radius 2 is 1.62 bits per heavy atom. The van der Waals surface area contributed by atoms with Crippen molar-refractivity contribution in [2.24, 2.45) is 11.8 Å². The Balaban J connectivity index is 0. The van der Waals surface area contributed by atoms with Crippen LogP contribution in [-0.4, -0.2) is 59.2 Å². The fraction of sp³-hybridized carbons (Fsp3) is 0.591. The maximum absolute atomic E-state index is 13.6. The highest BCUT2D eigenvalue weighted by Crippen LogP contribution is 2.35. The Hall–Kier alpha value is -0.170. The van der Waals surface area contributed by atoms with Gasteiger partial charge < -0.3 is 15.0 Å². The van der Waals surface area contributed by atoms with Gasteiger partial charge in [0.2, 0.25) is 5.91 Å². The number of hydrogen-bond acceptors (Lipinski definition) is 4. The van der Waals surface area contributed by atoms with Gasteiger partial charge in [-0.05, 0) is 36.8 Å². The van der Waals surface area contributed by atoms with E-state index in [0.29, 0.717) is 11.5 Å². The maximum atomic E-state index is 13.6. The molecular weight excluding hydrogens is 552 g/mol. The van der Waals surface area contributed by atoms with Gasteiger partial charge in [-0.15, -0.1) is 11.6 Å². The van der Waals surface area contributed by atoms with Crippen LogP contribution in [0.4, 0.5) is 0 Å². The first kappa shape index (κ1) is 36.0. The van der Waals surface area contributed by atoms with Crippen molar-refractivity contribution in [3.63, 3.8) is 0 Å². The molecule has 3 fully saturated rings. The first-order valence-electron chi connectivity index (χ1n) is 10.4. The van der Waals surface area contributed by atoms with E-state index in [9.17, 15) is 14.4 Å². The van der Waals surface area contributed by atoms with Gasteiger partial charge in [-0.2, -0.15) is 67.5 Å². The van der Waals surface area contributed by atoms with E-state index in [1.807, 2.05) is 6.07 Å². The minimum Gasteiger partial charge on any atom is -0.366 e. The molecule has 0 spiro atoms. The summed E-state index contributed by atoms with van der Waals surface area (Å²) in [6.45, 7) is 2.47. The normalized spacial score (nSPS) is 27.9. The minimum absolute atomic E-state index is 0. The molecule has 4 atom stereocenters. The molecule has 4 rings (SSSR count). The number of carbonyl (C=O) groups excluding carboxylic acids is 3. The molecule has 12 heteroatoms. The highest BCUT2D eigenvalue weighted by Gasteiger charge is 2.53. The zero-order valence-corrected chi connectivity index (χ0v) is 24.8. The van der Waals surface area contributed by atoms with Gasteiger partial charge in [-0.1, -0.05) is 38.0 Å².